The summed E-state index contributed by atoms with van der Waals surface area (Å²) in [6.07, 6.45) is 0.797. The van der Waals surface area contributed by atoms with E-state index in [2.05, 4.69) is 41.2 Å². The molecule has 3 heteroatoms. The first-order valence-corrected chi connectivity index (χ1v) is 6.29. The SMILES string of the molecule is Cc1ccc(Cc2nc3c(Cl)cccc3[nH]2)cc1. The molecule has 18 heavy (non-hydrogen) atoms. The van der Waals surface area contributed by atoms with E-state index in [1.807, 2.05) is 18.2 Å². The van der Waals surface area contributed by atoms with Crippen molar-refractivity contribution in [3.8, 4) is 0 Å². The number of halogens is 1. The Kier molecular flexibility index (Phi) is 2.80. The van der Waals surface area contributed by atoms with Gasteiger partial charge in [0.25, 0.3) is 0 Å². The number of hydrogen-bond acceptors (Lipinski definition) is 1. The minimum atomic E-state index is 0.693. The van der Waals surface area contributed by atoms with E-state index >= 15 is 0 Å². The van der Waals surface area contributed by atoms with Crippen LogP contribution in [-0.4, -0.2) is 9.97 Å². The molecule has 0 aliphatic rings. The van der Waals surface area contributed by atoms with Gasteiger partial charge in [-0.05, 0) is 24.6 Å². The lowest BCUT2D eigenvalue weighted by Crippen LogP contribution is -1.90. The standard InChI is InChI=1S/C15H13ClN2/c1-10-5-7-11(8-6-10)9-14-17-13-4-2-3-12(16)15(13)18-14/h2-8H,9H2,1H3,(H,17,18). The molecule has 0 spiro atoms. The number of hydrogen-bond donors (Lipinski definition) is 1. The highest BCUT2D eigenvalue weighted by Crippen LogP contribution is 2.21. The van der Waals surface area contributed by atoms with Crippen LogP contribution in [0, 0.1) is 6.92 Å². The van der Waals surface area contributed by atoms with Crippen LogP contribution in [0.1, 0.15) is 17.0 Å². The molecule has 0 amide bonds. The molecule has 0 bridgehead atoms. The van der Waals surface area contributed by atoms with Crippen molar-refractivity contribution in [1.29, 1.82) is 0 Å². The number of benzene rings is 2. The van der Waals surface area contributed by atoms with Crippen LogP contribution >= 0.6 is 11.6 Å². The van der Waals surface area contributed by atoms with Crippen LogP contribution in [0.15, 0.2) is 42.5 Å². The van der Waals surface area contributed by atoms with Gasteiger partial charge in [-0.15, -0.1) is 0 Å². The van der Waals surface area contributed by atoms with Gasteiger partial charge in [-0.25, -0.2) is 4.98 Å². The molecule has 1 aromatic heterocycles. The summed E-state index contributed by atoms with van der Waals surface area (Å²) >= 11 is 6.11. The van der Waals surface area contributed by atoms with Gasteiger partial charge in [0.2, 0.25) is 0 Å². The number of imidazole rings is 1. The minimum Gasteiger partial charge on any atom is -0.342 e. The Morgan fingerprint density at radius 1 is 1.11 bits per heavy atom. The largest absolute Gasteiger partial charge is 0.342 e. The quantitative estimate of drug-likeness (QED) is 0.734. The molecule has 1 N–H and O–H groups in total. The van der Waals surface area contributed by atoms with Gasteiger partial charge in [0.05, 0.1) is 10.5 Å². The molecular formula is C15H13ClN2. The van der Waals surface area contributed by atoms with Crippen molar-refractivity contribution in [1.82, 2.24) is 9.97 Å². The molecule has 1 heterocycles. The summed E-state index contributed by atoms with van der Waals surface area (Å²) in [6, 6.07) is 14.3. The Hall–Kier alpha value is -1.80. The molecule has 90 valence electrons. The monoisotopic (exact) mass is 256 g/mol. The van der Waals surface area contributed by atoms with Gasteiger partial charge < -0.3 is 4.98 Å². The highest BCUT2D eigenvalue weighted by Gasteiger charge is 2.06. The fraction of sp³-hybridized carbons (Fsp3) is 0.133. The summed E-state index contributed by atoms with van der Waals surface area (Å²) in [5.74, 6) is 0.946. The van der Waals surface area contributed by atoms with Crippen LogP contribution in [0.4, 0.5) is 0 Å². The predicted octanol–water partition coefficient (Wildman–Crippen LogP) is 4.12. The summed E-state index contributed by atoms with van der Waals surface area (Å²) in [5, 5.41) is 0.693. The van der Waals surface area contributed by atoms with E-state index in [0.717, 1.165) is 23.3 Å². The zero-order valence-corrected chi connectivity index (χ0v) is 10.8. The zero-order valence-electron chi connectivity index (χ0n) is 10.1. The lowest BCUT2D eigenvalue weighted by molar-refractivity contribution is 1.04. The average molecular weight is 257 g/mol. The maximum absolute atomic E-state index is 6.11. The van der Waals surface area contributed by atoms with Crippen molar-refractivity contribution in [2.75, 3.05) is 0 Å². The van der Waals surface area contributed by atoms with E-state index in [9.17, 15) is 0 Å². The molecule has 3 aromatic rings. The van der Waals surface area contributed by atoms with Crippen LogP contribution in [0.25, 0.3) is 11.0 Å². The number of para-hydroxylation sites is 1. The zero-order chi connectivity index (χ0) is 12.5. The molecule has 0 saturated heterocycles. The first-order valence-electron chi connectivity index (χ1n) is 5.91. The van der Waals surface area contributed by atoms with Crippen molar-refractivity contribution in [3.63, 3.8) is 0 Å². The summed E-state index contributed by atoms with van der Waals surface area (Å²) in [7, 11) is 0. The van der Waals surface area contributed by atoms with Gasteiger partial charge >= 0.3 is 0 Å². The van der Waals surface area contributed by atoms with Crippen LogP contribution in [-0.2, 0) is 6.42 Å². The Labute approximate surface area is 111 Å². The third-order valence-electron chi connectivity index (χ3n) is 3.00. The summed E-state index contributed by atoms with van der Waals surface area (Å²) in [5.41, 5.74) is 4.35. The summed E-state index contributed by atoms with van der Waals surface area (Å²) in [4.78, 5) is 7.85. The van der Waals surface area contributed by atoms with Crippen LogP contribution < -0.4 is 0 Å². The second-order valence-corrected chi connectivity index (χ2v) is 4.89. The van der Waals surface area contributed by atoms with Crippen molar-refractivity contribution in [2.24, 2.45) is 0 Å². The molecule has 2 nitrogen and oxygen atoms in total. The third kappa shape index (κ3) is 2.12. The molecule has 0 unspecified atom stereocenters. The minimum absolute atomic E-state index is 0.693. The van der Waals surface area contributed by atoms with Gasteiger partial charge in [0.1, 0.15) is 11.3 Å². The van der Waals surface area contributed by atoms with Gasteiger partial charge in [-0.3, -0.25) is 0 Å². The molecule has 2 aromatic carbocycles. The van der Waals surface area contributed by atoms with Crippen molar-refractivity contribution < 1.29 is 0 Å². The molecule has 0 aliphatic heterocycles. The number of nitrogens with zero attached hydrogens (tertiary/aromatic N) is 1. The first kappa shape index (κ1) is 11.3. The Morgan fingerprint density at radius 3 is 2.61 bits per heavy atom. The fourth-order valence-electron chi connectivity index (χ4n) is 2.03. The van der Waals surface area contributed by atoms with E-state index in [4.69, 9.17) is 11.6 Å². The number of aromatic amines is 1. The predicted molar refractivity (Wildman–Crippen MR) is 75.1 cm³/mol. The maximum Gasteiger partial charge on any atom is 0.111 e. The van der Waals surface area contributed by atoms with Crippen LogP contribution in [0.3, 0.4) is 0 Å². The highest BCUT2D eigenvalue weighted by atomic mass is 35.5. The van der Waals surface area contributed by atoms with Crippen molar-refractivity contribution >= 4 is 22.6 Å². The summed E-state index contributed by atoms with van der Waals surface area (Å²) < 4.78 is 0. The van der Waals surface area contributed by atoms with Gasteiger partial charge in [-0.1, -0.05) is 47.5 Å². The van der Waals surface area contributed by atoms with E-state index in [1.54, 1.807) is 0 Å². The topological polar surface area (TPSA) is 28.7 Å². The fourth-order valence-corrected chi connectivity index (χ4v) is 2.25. The number of H-pyrrole nitrogens is 1. The lowest BCUT2D eigenvalue weighted by Gasteiger charge is -1.98. The van der Waals surface area contributed by atoms with Gasteiger partial charge in [0.15, 0.2) is 0 Å². The molecule has 3 rings (SSSR count). The van der Waals surface area contributed by atoms with Crippen molar-refractivity contribution in [2.45, 2.75) is 13.3 Å². The Balaban J connectivity index is 1.95. The number of rotatable bonds is 2. The first-order chi connectivity index (χ1) is 8.72. The molecule has 0 saturated carbocycles. The van der Waals surface area contributed by atoms with E-state index in [0.29, 0.717) is 5.02 Å². The second kappa shape index (κ2) is 4.46. The number of nitrogens with one attached hydrogen (secondary N) is 1. The lowest BCUT2D eigenvalue weighted by atomic mass is 10.1. The summed E-state index contributed by atoms with van der Waals surface area (Å²) in [6.45, 7) is 2.09. The second-order valence-electron chi connectivity index (χ2n) is 4.48. The number of aromatic nitrogens is 2. The van der Waals surface area contributed by atoms with Crippen LogP contribution in [0.2, 0.25) is 5.02 Å². The molecule has 0 aliphatic carbocycles. The van der Waals surface area contributed by atoms with Gasteiger partial charge in [-0.2, -0.15) is 0 Å². The van der Waals surface area contributed by atoms with Crippen molar-refractivity contribution in [3.05, 3.63) is 64.4 Å². The van der Waals surface area contributed by atoms with Crippen LogP contribution in [0.5, 0.6) is 0 Å². The Bertz CT molecular complexity index is 683. The van der Waals surface area contributed by atoms with Gasteiger partial charge in [0, 0.05) is 6.42 Å². The van der Waals surface area contributed by atoms with E-state index in [-0.39, 0.29) is 0 Å². The molecule has 0 fully saturated rings. The normalized spacial score (nSPS) is 11.0. The molecule has 0 atom stereocenters. The Morgan fingerprint density at radius 2 is 1.89 bits per heavy atom. The van der Waals surface area contributed by atoms with E-state index < -0.39 is 0 Å². The molecule has 0 radical (unpaired) electrons. The highest BCUT2D eigenvalue weighted by molar-refractivity contribution is 6.34. The molecular weight excluding hydrogens is 244 g/mol. The smallest absolute Gasteiger partial charge is 0.111 e. The number of fused-ring (bicyclic) bond motifs is 1. The average Bonchev–Trinajstić information content (AvgIpc) is 2.76. The maximum atomic E-state index is 6.11. The third-order valence-corrected chi connectivity index (χ3v) is 3.31. The van der Waals surface area contributed by atoms with E-state index in [1.165, 1.54) is 11.1 Å². The number of aryl methyl sites for hydroxylation is 1.